The Morgan fingerprint density at radius 3 is 3.09 bits per heavy atom. The number of hydrogen-bond donors (Lipinski definition) is 1. The fourth-order valence-corrected chi connectivity index (χ4v) is 2.75. The number of hydrogen-bond acceptors (Lipinski definition) is 7. The van der Waals surface area contributed by atoms with Gasteiger partial charge in [-0.3, -0.25) is 5.32 Å². The molecule has 10 heteroatoms. The van der Waals surface area contributed by atoms with E-state index in [2.05, 4.69) is 24.7 Å². The Morgan fingerprint density at radius 2 is 2.36 bits per heavy atom. The molecule has 1 saturated heterocycles. The van der Waals surface area contributed by atoms with Crippen LogP contribution in [0.15, 0.2) is 18.5 Å². The molecule has 116 valence electrons. The third-order valence-electron chi connectivity index (χ3n) is 3.40. The molecule has 2 aromatic rings. The molecule has 3 heterocycles. The minimum Gasteiger partial charge on any atom is -0.464 e. The number of nitrogens with zero attached hydrogens (tertiary/aromatic N) is 5. The molecule has 0 aromatic carbocycles. The molecule has 3 rings (SSSR count). The number of urea groups is 1. The summed E-state index contributed by atoms with van der Waals surface area (Å²) >= 11 is 1.23. The van der Waals surface area contributed by atoms with Crippen LogP contribution in [-0.2, 0) is 4.74 Å². The molecule has 0 saturated carbocycles. The Labute approximate surface area is 130 Å². The van der Waals surface area contributed by atoms with E-state index in [-0.39, 0.29) is 17.8 Å². The van der Waals surface area contributed by atoms with E-state index in [0.29, 0.717) is 18.1 Å². The van der Waals surface area contributed by atoms with Crippen molar-refractivity contribution in [2.75, 3.05) is 25.5 Å². The number of nitrogens with one attached hydrogen (secondary N) is 1. The number of amides is 2. The number of esters is 1. The van der Waals surface area contributed by atoms with Gasteiger partial charge in [-0.15, -0.1) is 5.10 Å². The van der Waals surface area contributed by atoms with Crippen molar-refractivity contribution in [2.24, 2.45) is 0 Å². The van der Waals surface area contributed by atoms with E-state index in [1.165, 1.54) is 18.6 Å². The van der Waals surface area contributed by atoms with Gasteiger partial charge in [-0.1, -0.05) is 5.21 Å². The highest BCUT2D eigenvalue weighted by atomic mass is 32.1. The molecule has 1 unspecified atom stereocenters. The van der Waals surface area contributed by atoms with Gasteiger partial charge in [-0.05, 0) is 24.0 Å². The second kappa shape index (κ2) is 6.10. The smallest absolute Gasteiger partial charge is 0.360 e. The molecule has 9 nitrogen and oxygen atoms in total. The molecule has 0 radical (unpaired) electrons. The lowest BCUT2D eigenvalue weighted by atomic mass is 10.3. The number of aromatic nitrogens is 4. The number of likely N-dealkylation sites (tertiary alicyclic amines) is 1. The van der Waals surface area contributed by atoms with Crippen LogP contribution in [0.25, 0.3) is 0 Å². The van der Waals surface area contributed by atoms with Crippen molar-refractivity contribution in [1.82, 2.24) is 24.3 Å². The summed E-state index contributed by atoms with van der Waals surface area (Å²) in [6.45, 7) is 1.12. The lowest BCUT2D eigenvalue weighted by Crippen LogP contribution is -2.33. The van der Waals surface area contributed by atoms with Crippen molar-refractivity contribution in [3.05, 3.63) is 24.2 Å². The van der Waals surface area contributed by atoms with Crippen LogP contribution < -0.4 is 5.32 Å². The van der Waals surface area contributed by atoms with Crippen molar-refractivity contribution in [1.29, 1.82) is 0 Å². The number of ether oxygens (including phenoxy) is 1. The first-order valence-electron chi connectivity index (χ1n) is 6.64. The Hall–Kier alpha value is -2.49. The largest absolute Gasteiger partial charge is 0.464 e. The average molecular weight is 322 g/mol. The van der Waals surface area contributed by atoms with Gasteiger partial charge in [0.2, 0.25) is 0 Å². The highest BCUT2D eigenvalue weighted by molar-refractivity contribution is 7.10. The summed E-state index contributed by atoms with van der Waals surface area (Å²) in [5.74, 6) is -0.524. The summed E-state index contributed by atoms with van der Waals surface area (Å²) in [7, 11) is 1.29. The minimum absolute atomic E-state index is 0.00174. The lowest BCUT2D eigenvalue weighted by molar-refractivity contribution is 0.0594. The highest BCUT2D eigenvalue weighted by Crippen LogP contribution is 2.22. The maximum atomic E-state index is 12.1. The van der Waals surface area contributed by atoms with Crippen LogP contribution in [0.5, 0.6) is 0 Å². The molecule has 22 heavy (non-hydrogen) atoms. The van der Waals surface area contributed by atoms with Crippen molar-refractivity contribution in [3.8, 4) is 0 Å². The molecule has 0 aliphatic carbocycles. The fraction of sp³-hybridized carbons (Fsp3) is 0.417. The van der Waals surface area contributed by atoms with E-state index in [1.807, 2.05) is 0 Å². The number of methoxy groups -OCH3 is 1. The summed E-state index contributed by atoms with van der Waals surface area (Å²) in [5, 5.41) is 11.2. The summed E-state index contributed by atoms with van der Waals surface area (Å²) < 4.78 is 10.1. The molecular weight excluding hydrogens is 308 g/mol. The maximum absolute atomic E-state index is 12.1. The van der Waals surface area contributed by atoms with Gasteiger partial charge in [-0.2, -0.15) is 4.37 Å². The normalized spacial score (nSPS) is 17.5. The van der Waals surface area contributed by atoms with Crippen LogP contribution in [0.2, 0.25) is 0 Å². The zero-order valence-corrected chi connectivity index (χ0v) is 12.6. The molecule has 2 amide bonds. The first kappa shape index (κ1) is 14.4. The molecular formula is C12H14N6O3S. The van der Waals surface area contributed by atoms with E-state index in [9.17, 15) is 9.59 Å². The minimum atomic E-state index is -0.524. The molecule has 0 spiro atoms. The summed E-state index contributed by atoms with van der Waals surface area (Å²) in [5.41, 5.74) is 0.162. The molecule has 1 aliphatic rings. The summed E-state index contributed by atoms with van der Waals surface area (Å²) in [6.07, 6.45) is 3.93. The summed E-state index contributed by atoms with van der Waals surface area (Å²) in [4.78, 5) is 25.2. The Balaban J connectivity index is 1.61. The maximum Gasteiger partial charge on any atom is 0.360 e. The van der Waals surface area contributed by atoms with Gasteiger partial charge >= 0.3 is 12.0 Å². The Kier molecular flexibility index (Phi) is 4.00. The van der Waals surface area contributed by atoms with Crippen LogP contribution in [0, 0.1) is 0 Å². The van der Waals surface area contributed by atoms with Crippen molar-refractivity contribution in [3.63, 3.8) is 0 Å². The van der Waals surface area contributed by atoms with Crippen molar-refractivity contribution in [2.45, 2.75) is 12.5 Å². The van der Waals surface area contributed by atoms with Gasteiger partial charge in [0.15, 0.2) is 5.69 Å². The van der Waals surface area contributed by atoms with E-state index >= 15 is 0 Å². The Morgan fingerprint density at radius 1 is 1.50 bits per heavy atom. The third kappa shape index (κ3) is 2.91. The standard InChI is InChI=1S/C12H14N6O3S/c1-21-11(19)9-7-18(16-15-9)8-3-5-17(6-8)12(20)14-10-2-4-13-22-10/h2,4,7-8H,3,5-6H2,1H3,(H,14,20). The zero-order valence-electron chi connectivity index (χ0n) is 11.8. The number of carbonyl (C=O) groups is 2. The lowest BCUT2D eigenvalue weighted by Gasteiger charge is -2.16. The van der Waals surface area contributed by atoms with E-state index in [4.69, 9.17) is 0 Å². The second-order valence-electron chi connectivity index (χ2n) is 4.77. The number of rotatable bonds is 3. The zero-order chi connectivity index (χ0) is 15.5. The molecule has 1 fully saturated rings. The monoisotopic (exact) mass is 322 g/mol. The highest BCUT2D eigenvalue weighted by Gasteiger charge is 2.29. The quantitative estimate of drug-likeness (QED) is 0.846. The second-order valence-corrected chi connectivity index (χ2v) is 5.60. The average Bonchev–Trinajstić information content (AvgIpc) is 3.25. The van der Waals surface area contributed by atoms with Crippen LogP contribution in [0.4, 0.5) is 9.80 Å². The van der Waals surface area contributed by atoms with Gasteiger partial charge in [0.1, 0.15) is 5.00 Å². The first-order valence-corrected chi connectivity index (χ1v) is 7.41. The van der Waals surface area contributed by atoms with Gasteiger partial charge in [0, 0.05) is 19.3 Å². The predicted molar refractivity (Wildman–Crippen MR) is 77.7 cm³/mol. The van der Waals surface area contributed by atoms with Crippen LogP contribution >= 0.6 is 11.5 Å². The molecule has 0 bridgehead atoms. The Bertz CT molecular complexity index is 670. The number of carbonyl (C=O) groups excluding carboxylic acids is 2. The molecule has 1 N–H and O–H groups in total. The van der Waals surface area contributed by atoms with Crippen molar-refractivity contribution < 1.29 is 14.3 Å². The van der Waals surface area contributed by atoms with Crippen LogP contribution in [-0.4, -0.2) is 56.5 Å². The molecule has 2 aromatic heterocycles. The van der Waals surface area contributed by atoms with Crippen LogP contribution in [0.1, 0.15) is 23.0 Å². The van der Waals surface area contributed by atoms with Crippen molar-refractivity contribution >= 4 is 28.5 Å². The van der Waals surface area contributed by atoms with Gasteiger partial charge in [-0.25, -0.2) is 14.3 Å². The molecule has 1 atom stereocenters. The SMILES string of the molecule is COC(=O)c1cn(C2CCN(C(=O)Nc3ccns3)C2)nn1. The van der Waals surface area contributed by atoms with E-state index in [0.717, 1.165) is 6.42 Å². The van der Waals surface area contributed by atoms with Crippen LogP contribution in [0.3, 0.4) is 0 Å². The van der Waals surface area contributed by atoms with Gasteiger partial charge < -0.3 is 9.64 Å². The van der Waals surface area contributed by atoms with E-state index < -0.39 is 5.97 Å². The summed E-state index contributed by atoms with van der Waals surface area (Å²) in [6, 6.07) is 1.58. The number of anilines is 1. The third-order valence-corrected chi connectivity index (χ3v) is 4.06. The fourth-order valence-electron chi connectivity index (χ4n) is 2.26. The van der Waals surface area contributed by atoms with Gasteiger partial charge in [0.05, 0.1) is 19.3 Å². The molecule has 1 aliphatic heterocycles. The predicted octanol–water partition coefficient (Wildman–Crippen LogP) is 1.00. The first-order chi connectivity index (χ1) is 10.7. The van der Waals surface area contributed by atoms with Gasteiger partial charge in [0.25, 0.3) is 0 Å². The topological polar surface area (TPSA) is 102 Å². The van der Waals surface area contributed by atoms with E-state index in [1.54, 1.807) is 28.0 Å².